The number of rotatable bonds is 3. The van der Waals surface area contributed by atoms with Gasteiger partial charge in [-0.15, -0.1) is 0 Å². The standard InChI is InChI=1S/C23H19BrClN3OS/c1-13-18(25)10-7-11-19(13)26-23-27-22(29)20(30-23)12-17-14(2)28(15(3)21(17)24)16-8-5-4-6-9-16/h4-12H,1-3H3,(H,26,27,29)/b20-12-. The third-order valence-electron chi connectivity index (χ3n) is 5.02. The molecule has 2 heterocycles. The lowest BCUT2D eigenvalue weighted by atomic mass is 10.2. The monoisotopic (exact) mass is 499 g/mol. The van der Waals surface area contributed by atoms with Crippen LogP contribution in [0.1, 0.15) is 22.5 Å². The first-order chi connectivity index (χ1) is 14.4. The fourth-order valence-corrected chi connectivity index (χ4v) is 4.96. The largest absolute Gasteiger partial charge is 0.317 e. The van der Waals surface area contributed by atoms with Crippen LogP contribution in [0.25, 0.3) is 11.8 Å². The number of carbonyl (C=O) groups excluding carboxylic acids is 1. The maximum absolute atomic E-state index is 12.6. The van der Waals surface area contributed by atoms with Crippen molar-refractivity contribution in [1.29, 1.82) is 0 Å². The molecule has 152 valence electrons. The van der Waals surface area contributed by atoms with Crippen LogP contribution in [0.5, 0.6) is 0 Å². The van der Waals surface area contributed by atoms with E-state index in [0.717, 1.165) is 38.4 Å². The first-order valence-electron chi connectivity index (χ1n) is 9.34. The molecule has 0 aliphatic carbocycles. The van der Waals surface area contributed by atoms with Gasteiger partial charge in [-0.25, -0.2) is 4.99 Å². The van der Waals surface area contributed by atoms with Gasteiger partial charge >= 0.3 is 0 Å². The molecule has 2 aromatic carbocycles. The molecule has 0 unspecified atom stereocenters. The van der Waals surface area contributed by atoms with E-state index >= 15 is 0 Å². The summed E-state index contributed by atoms with van der Waals surface area (Å²) in [6, 6.07) is 15.7. The maximum atomic E-state index is 12.6. The molecule has 1 aliphatic heterocycles. The summed E-state index contributed by atoms with van der Waals surface area (Å²) < 4.78 is 3.15. The van der Waals surface area contributed by atoms with E-state index in [9.17, 15) is 4.79 Å². The van der Waals surface area contributed by atoms with Gasteiger partial charge in [0.2, 0.25) is 0 Å². The highest BCUT2D eigenvalue weighted by Crippen LogP contribution is 2.36. The molecule has 1 saturated heterocycles. The molecule has 1 N–H and O–H groups in total. The highest BCUT2D eigenvalue weighted by atomic mass is 79.9. The molecule has 1 fully saturated rings. The second-order valence-corrected chi connectivity index (χ2v) is 9.17. The van der Waals surface area contributed by atoms with E-state index in [0.29, 0.717) is 15.1 Å². The van der Waals surface area contributed by atoms with E-state index in [4.69, 9.17) is 11.6 Å². The van der Waals surface area contributed by atoms with E-state index in [1.54, 1.807) is 0 Å². The normalized spacial score (nSPS) is 16.5. The molecule has 0 saturated carbocycles. The molecule has 0 radical (unpaired) electrons. The molecule has 0 spiro atoms. The van der Waals surface area contributed by atoms with E-state index in [1.807, 2.05) is 49.4 Å². The summed E-state index contributed by atoms with van der Waals surface area (Å²) >= 11 is 11.2. The summed E-state index contributed by atoms with van der Waals surface area (Å²) in [6.07, 6.45) is 1.92. The lowest BCUT2D eigenvalue weighted by Crippen LogP contribution is -2.19. The van der Waals surface area contributed by atoms with Crippen molar-refractivity contribution < 1.29 is 4.79 Å². The van der Waals surface area contributed by atoms with Crippen molar-refractivity contribution in [1.82, 2.24) is 9.88 Å². The number of aromatic nitrogens is 1. The number of hydrogen-bond donors (Lipinski definition) is 1. The van der Waals surface area contributed by atoms with Crippen LogP contribution in [0, 0.1) is 20.8 Å². The summed E-state index contributed by atoms with van der Waals surface area (Å²) in [5.74, 6) is -0.158. The Morgan fingerprint density at radius 1 is 1.07 bits per heavy atom. The molecular weight excluding hydrogens is 482 g/mol. The van der Waals surface area contributed by atoms with E-state index in [2.05, 4.69) is 56.8 Å². The quantitative estimate of drug-likeness (QED) is 0.406. The van der Waals surface area contributed by atoms with Gasteiger partial charge in [0.1, 0.15) is 0 Å². The molecule has 1 aliphatic rings. The zero-order valence-corrected chi connectivity index (χ0v) is 19.8. The smallest absolute Gasteiger partial charge is 0.264 e. The topological polar surface area (TPSA) is 46.4 Å². The molecule has 0 bridgehead atoms. The molecule has 1 aromatic heterocycles. The van der Waals surface area contributed by atoms with Crippen molar-refractivity contribution in [3.63, 3.8) is 0 Å². The predicted octanol–water partition coefficient (Wildman–Crippen LogP) is 6.71. The Morgan fingerprint density at radius 2 is 1.80 bits per heavy atom. The zero-order chi connectivity index (χ0) is 21.4. The van der Waals surface area contributed by atoms with Gasteiger partial charge in [0.05, 0.1) is 10.6 Å². The third-order valence-corrected chi connectivity index (χ3v) is 7.34. The van der Waals surface area contributed by atoms with Gasteiger partial charge in [-0.3, -0.25) is 4.79 Å². The number of thioether (sulfide) groups is 1. The molecule has 1 amide bonds. The number of halogens is 2. The lowest BCUT2D eigenvalue weighted by molar-refractivity contribution is -0.115. The Bertz CT molecular complexity index is 1210. The van der Waals surface area contributed by atoms with Gasteiger partial charge in [-0.1, -0.05) is 35.9 Å². The molecule has 30 heavy (non-hydrogen) atoms. The van der Waals surface area contributed by atoms with Crippen LogP contribution in [0.4, 0.5) is 5.69 Å². The van der Waals surface area contributed by atoms with Crippen molar-refractivity contribution in [2.75, 3.05) is 0 Å². The van der Waals surface area contributed by atoms with Crippen LogP contribution in [0.15, 0.2) is 62.9 Å². The summed E-state index contributed by atoms with van der Waals surface area (Å²) in [5.41, 5.74) is 5.83. The average Bonchev–Trinajstić information content (AvgIpc) is 3.18. The van der Waals surface area contributed by atoms with Crippen molar-refractivity contribution in [2.45, 2.75) is 20.8 Å². The number of amidine groups is 1. The Kier molecular flexibility index (Phi) is 5.91. The van der Waals surface area contributed by atoms with Gasteiger partial charge in [0.25, 0.3) is 5.91 Å². The van der Waals surface area contributed by atoms with Gasteiger partial charge < -0.3 is 9.88 Å². The van der Waals surface area contributed by atoms with Gasteiger partial charge in [-0.2, -0.15) is 0 Å². The van der Waals surface area contributed by atoms with Crippen LogP contribution in [0.3, 0.4) is 0 Å². The molecule has 4 nitrogen and oxygen atoms in total. The average molecular weight is 501 g/mol. The fraction of sp³-hybridized carbons (Fsp3) is 0.130. The van der Waals surface area contributed by atoms with E-state index in [1.165, 1.54) is 11.8 Å². The minimum Gasteiger partial charge on any atom is -0.317 e. The second kappa shape index (κ2) is 8.46. The Hall–Kier alpha value is -2.28. The summed E-state index contributed by atoms with van der Waals surface area (Å²) in [7, 11) is 0. The fourth-order valence-electron chi connectivity index (χ4n) is 3.39. The summed E-state index contributed by atoms with van der Waals surface area (Å²) in [5, 5.41) is 4.05. The van der Waals surface area contributed by atoms with Crippen LogP contribution in [-0.4, -0.2) is 15.6 Å². The number of carbonyl (C=O) groups is 1. The lowest BCUT2D eigenvalue weighted by Gasteiger charge is -2.09. The molecule has 4 rings (SSSR count). The van der Waals surface area contributed by atoms with Crippen LogP contribution >= 0.6 is 39.3 Å². The van der Waals surface area contributed by atoms with Crippen molar-refractivity contribution >= 4 is 62.1 Å². The molecular formula is C23H19BrClN3OS. The Labute approximate surface area is 193 Å². The van der Waals surface area contributed by atoms with Crippen LogP contribution in [0.2, 0.25) is 5.02 Å². The van der Waals surface area contributed by atoms with Crippen LogP contribution in [-0.2, 0) is 4.79 Å². The van der Waals surface area contributed by atoms with Crippen molar-refractivity contribution in [3.05, 3.63) is 85.4 Å². The van der Waals surface area contributed by atoms with E-state index in [-0.39, 0.29) is 5.91 Å². The van der Waals surface area contributed by atoms with E-state index < -0.39 is 0 Å². The molecule has 0 atom stereocenters. The van der Waals surface area contributed by atoms with Crippen LogP contribution < -0.4 is 5.32 Å². The predicted molar refractivity (Wildman–Crippen MR) is 130 cm³/mol. The summed E-state index contributed by atoms with van der Waals surface area (Å²) in [6.45, 7) is 6.03. The van der Waals surface area contributed by atoms with Gasteiger partial charge in [0.15, 0.2) is 5.17 Å². The van der Waals surface area contributed by atoms with Gasteiger partial charge in [0, 0.05) is 32.1 Å². The summed E-state index contributed by atoms with van der Waals surface area (Å²) in [4.78, 5) is 17.8. The number of nitrogens with zero attached hydrogens (tertiary/aromatic N) is 2. The number of nitrogens with one attached hydrogen (secondary N) is 1. The number of hydrogen-bond acceptors (Lipinski definition) is 3. The van der Waals surface area contributed by atoms with Crippen molar-refractivity contribution in [2.24, 2.45) is 4.99 Å². The highest BCUT2D eigenvalue weighted by molar-refractivity contribution is 9.10. The number of para-hydroxylation sites is 1. The maximum Gasteiger partial charge on any atom is 0.264 e. The van der Waals surface area contributed by atoms with Crippen molar-refractivity contribution in [3.8, 4) is 5.69 Å². The first kappa shape index (κ1) is 21.0. The number of benzene rings is 2. The minimum atomic E-state index is -0.158. The Morgan fingerprint density at radius 3 is 2.53 bits per heavy atom. The SMILES string of the molecule is Cc1c(Cl)cccc1N=C1NC(=O)/C(=C/c2c(Br)c(C)n(-c3ccccc3)c2C)S1. The second-order valence-electron chi connectivity index (χ2n) is 6.94. The molecule has 3 aromatic rings. The highest BCUT2D eigenvalue weighted by Gasteiger charge is 2.26. The third kappa shape index (κ3) is 3.87. The number of aliphatic imine (C=N–C) groups is 1. The minimum absolute atomic E-state index is 0.158. The number of amides is 1. The Balaban J connectivity index is 1.70. The molecule has 7 heteroatoms. The zero-order valence-electron chi connectivity index (χ0n) is 16.7. The first-order valence-corrected chi connectivity index (χ1v) is 11.3. The van der Waals surface area contributed by atoms with Gasteiger partial charge in [-0.05, 0) is 84.4 Å².